The highest BCUT2D eigenvalue weighted by atomic mass is 35.5. The fourth-order valence-corrected chi connectivity index (χ4v) is 3.37. The molecule has 2 heterocycles. The van der Waals surface area contributed by atoms with E-state index in [4.69, 9.17) is 25.8 Å². The van der Waals surface area contributed by atoms with Crippen molar-refractivity contribution >= 4 is 11.6 Å². The predicted octanol–water partition coefficient (Wildman–Crippen LogP) is 3.64. The minimum Gasteiger partial charge on any atom is -0.454 e. The van der Waals surface area contributed by atoms with Gasteiger partial charge in [0.05, 0.1) is 17.7 Å². The lowest BCUT2D eigenvalue weighted by atomic mass is 10.1. The van der Waals surface area contributed by atoms with Crippen LogP contribution in [0, 0.1) is 0 Å². The van der Waals surface area contributed by atoms with E-state index in [0.29, 0.717) is 10.8 Å². The van der Waals surface area contributed by atoms with E-state index >= 15 is 0 Å². The highest BCUT2D eigenvalue weighted by Gasteiger charge is 2.23. The van der Waals surface area contributed by atoms with Crippen LogP contribution in [-0.2, 0) is 11.3 Å². The van der Waals surface area contributed by atoms with Crippen molar-refractivity contribution in [3.05, 3.63) is 58.6 Å². The number of rotatable bonds is 3. The van der Waals surface area contributed by atoms with Gasteiger partial charge in [-0.15, -0.1) is 0 Å². The smallest absolute Gasteiger partial charge is 0.231 e. The van der Waals surface area contributed by atoms with Crippen molar-refractivity contribution in [1.29, 1.82) is 0 Å². The quantitative estimate of drug-likeness (QED) is 0.859. The Bertz CT molecular complexity index is 692. The molecule has 2 aromatic rings. The van der Waals surface area contributed by atoms with Gasteiger partial charge in [0.25, 0.3) is 0 Å². The van der Waals surface area contributed by atoms with Crippen LogP contribution in [0.2, 0.25) is 5.02 Å². The summed E-state index contributed by atoms with van der Waals surface area (Å²) in [4.78, 5) is 2.38. The molecule has 0 bridgehead atoms. The number of nitrogens with zero attached hydrogens (tertiary/aromatic N) is 1. The lowest BCUT2D eigenvalue weighted by Crippen LogP contribution is -2.37. The van der Waals surface area contributed by atoms with Gasteiger partial charge in [0.2, 0.25) is 6.79 Å². The molecular weight excluding hydrogens is 314 g/mol. The number of benzene rings is 2. The van der Waals surface area contributed by atoms with E-state index in [1.807, 2.05) is 18.2 Å². The molecule has 1 fully saturated rings. The lowest BCUT2D eigenvalue weighted by Gasteiger charge is -2.33. The second-order valence-electron chi connectivity index (χ2n) is 5.82. The van der Waals surface area contributed by atoms with Gasteiger partial charge in [-0.05, 0) is 23.3 Å². The zero-order valence-electron chi connectivity index (χ0n) is 12.7. The molecule has 120 valence electrons. The van der Waals surface area contributed by atoms with Gasteiger partial charge in [0.15, 0.2) is 11.5 Å². The van der Waals surface area contributed by atoms with Crippen molar-refractivity contribution in [2.45, 2.75) is 12.6 Å². The molecule has 1 atom stereocenters. The first kappa shape index (κ1) is 14.8. The van der Waals surface area contributed by atoms with E-state index in [1.165, 1.54) is 5.56 Å². The van der Waals surface area contributed by atoms with Crippen LogP contribution < -0.4 is 9.47 Å². The summed E-state index contributed by atoms with van der Waals surface area (Å²) in [5, 5.41) is 0.614. The highest BCUT2D eigenvalue weighted by molar-refractivity contribution is 6.32. The Morgan fingerprint density at radius 1 is 1.13 bits per heavy atom. The lowest BCUT2D eigenvalue weighted by molar-refractivity contribution is -0.0329. The van der Waals surface area contributed by atoms with E-state index in [2.05, 4.69) is 29.2 Å². The summed E-state index contributed by atoms with van der Waals surface area (Å²) in [5.41, 5.74) is 2.36. The van der Waals surface area contributed by atoms with Crippen molar-refractivity contribution in [2.75, 3.05) is 26.5 Å². The van der Waals surface area contributed by atoms with E-state index in [9.17, 15) is 0 Å². The van der Waals surface area contributed by atoms with Crippen LogP contribution >= 0.6 is 11.6 Å². The molecule has 2 aromatic carbocycles. The molecule has 2 aliphatic rings. The number of hydrogen-bond acceptors (Lipinski definition) is 4. The van der Waals surface area contributed by atoms with Crippen molar-refractivity contribution in [3.63, 3.8) is 0 Å². The van der Waals surface area contributed by atoms with E-state index in [1.54, 1.807) is 0 Å². The molecule has 4 rings (SSSR count). The molecule has 0 radical (unpaired) electrons. The molecular formula is C18H18ClNO3. The second-order valence-corrected chi connectivity index (χ2v) is 6.22. The molecule has 0 aromatic heterocycles. The molecule has 4 nitrogen and oxygen atoms in total. The molecule has 0 amide bonds. The molecule has 0 spiro atoms. The molecule has 1 saturated heterocycles. The first-order chi connectivity index (χ1) is 11.3. The molecule has 23 heavy (non-hydrogen) atoms. The van der Waals surface area contributed by atoms with E-state index in [0.717, 1.165) is 37.6 Å². The van der Waals surface area contributed by atoms with Gasteiger partial charge < -0.3 is 14.2 Å². The maximum absolute atomic E-state index is 6.27. The van der Waals surface area contributed by atoms with Gasteiger partial charge in [-0.1, -0.05) is 41.9 Å². The number of halogens is 1. The zero-order valence-corrected chi connectivity index (χ0v) is 13.5. The Morgan fingerprint density at radius 3 is 2.87 bits per heavy atom. The van der Waals surface area contributed by atoms with Gasteiger partial charge in [-0.25, -0.2) is 0 Å². The van der Waals surface area contributed by atoms with Crippen LogP contribution in [0.5, 0.6) is 11.5 Å². The van der Waals surface area contributed by atoms with Crippen LogP contribution in [0.3, 0.4) is 0 Å². The Kier molecular flexibility index (Phi) is 4.12. The summed E-state index contributed by atoms with van der Waals surface area (Å²) in [6.45, 7) is 3.58. The first-order valence-electron chi connectivity index (χ1n) is 7.76. The third-order valence-corrected chi connectivity index (χ3v) is 4.50. The average molecular weight is 332 g/mol. The van der Waals surface area contributed by atoms with Crippen LogP contribution in [0.15, 0.2) is 42.5 Å². The van der Waals surface area contributed by atoms with Gasteiger partial charge >= 0.3 is 0 Å². The number of fused-ring (bicyclic) bond motifs is 1. The van der Waals surface area contributed by atoms with E-state index in [-0.39, 0.29) is 12.9 Å². The van der Waals surface area contributed by atoms with Crippen molar-refractivity contribution in [2.24, 2.45) is 0 Å². The Labute approximate surface area is 140 Å². The Hall–Kier alpha value is -1.75. The monoisotopic (exact) mass is 331 g/mol. The van der Waals surface area contributed by atoms with Crippen LogP contribution in [0.4, 0.5) is 0 Å². The van der Waals surface area contributed by atoms with Crippen LogP contribution in [0.25, 0.3) is 0 Å². The second kappa shape index (κ2) is 6.40. The fraction of sp³-hybridized carbons (Fsp3) is 0.333. The van der Waals surface area contributed by atoms with Crippen molar-refractivity contribution in [3.8, 4) is 11.5 Å². The summed E-state index contributed by atoms with van der Waals surface area (Å²) in [6, 6.07) is 14.3. The molecule has 1 unspecified atom stereocenters. The topological polar surface area (TPSA) is 30.9 Å². The fourth-order valence-electron chi connectivity index (χ4n) is 3.09. The normalized spacial score (nSPS) is 20.7. The maximum atomic E-state index is 6.27. The third kappa shape index (κ3) is 3.15. The number of morpholine rings is 1. The highest BCUT2D eigenvalue weighted by Crippen LogP contribution is 2.40. The summed E-state index contributed by atoms with van der Waals surface area (Å²) in [5.74, 6) is 1.39. The maximum Gasteiger partial charge on any atom is 0.231 e. The van der Waals surface area contributed by atoms with Gasteiger partial charge in [-0.3, -0.25) is 4.90 Å². The van der Waals surface area contributed by atoms with Crippen LogP contribution in [0.1, 0.15) is 17.2 Å². The van der Waals surface area contributed by atoms with Crippen molar-refractivity contribution < 1.29 is 14.2 Å². The van der Waals surface area contributed by atoms with Crippen LogP contribution in [-0.4, -0.2) is 31.4 Å². The third-order valence-electron chi connectivity index (χ3n) is 4.22. The van der Waals surface area contributed by atoms with Gasteiger partial charge in [0, 0.05) is 19.6 Å². The summed E-state index contributed by atoms with van der Waals surface area (Å²) in [7, 11) is 0. The van der Waals surface area contributed by atoms with Gasteiger partial charge in [0.1, 0.15) is 0 Å². The minimum absolute atomic E-state index is 0.120. The summed E-state index contributed by atoms with van der Waals surface area (Å²) >= 11 is 6.27. The minimum atomic E-state index is 0.120. The van der Waals surface area contributed by atoms with Crippen molar-refractivity contribution in [1.82, 2.24) is 4.90 Å². The first-order valence-corrected chi connectivity index (χ1v) is 8.14. The summed E-state index contributed by atoms with van der Waals surface area (Å²) < 4.78 is 16.7. The number of hydrogen-bond donors (Lipinski definition) is 0. The molecule has 0 saturated carbocycles. The SMILES string of the molecule is Clc1cc(CN2CCOC(c3ccccc3)C2)cc2c1OCO2. The van der Waals surface area contributed by atoms with E-state index < -0.39 is 0 Å². The Balaban J connectivity index is 1.48. The zero-order chi connectivity index (χ0) is 15.6. The molecule has 5 heteroatoms. The van der Waals surface area contributed by atoms with Gasteiger partial charge in [-0.2, -0.15) is 0 Å². The molecule has 0 aliphatic carbocycles. The Morgan fingerprint density at radius 2 is 2.00 bits per heavy atom. The standard InChI is InChI=1S/C18H18ClNO3/c19-15-8-13(9-16-18(15)23-12-22-16)10-20-6-7-21-17(11-20)14-4-2-1-3-5-14/h1-5,8-9,17H,6-7,10-12H2. The largest absolute Gasteiger partial charge is 0.454 e. The molecule has 0 N–H and O–H groups in total. The molecule has 2 aliphatic heterocycles. The predicted molar refractivity (Wildman–Crippen MR) is 88.0 cm³/mol. The summed E-state index contributed by atoms with van der Waals surface area (Å²) in [6.07, 6.45) is 0.120. The number of ether oxygens (including phenoxy) is 3. The average Bonchev–Trinajstić information content (AvgIpc) is 3.05.